The van der Waals surface area contributed by atoms with Gasteiger partial charge in [-0.25, -0.2) is 0 Å². The summed E-state index contributed by atoms with van der Waals surface area (Å²) >= 11 is 3.18. The Bertz CT molecular complexity index is 338. The third kappa shape index (κ3) is 1.55. The Labute approximate surface area is 77.7 Å². The van der Waals surface area contributed by atoms with E-state index >= 15 is 0 Å². The maximum absolute atomic E-state index is 10.4. The summed E-state index contributed by atoms with van der Waals surface area (Å²) in [7, 11) is 0. The fourth-order valence-electron chi connectivity index (χ4n) is 0.874. The summed E-state index contributed by atoms with van der Waals surface area (Å²) in [6.07, 6.45) is 0. The molecule has 5 heteroatoms. The van der Waals surface area contributed by atoms with E-state index in [0.29, 0.717) is 15.7 Å². The quantitative estimate of drug-likeness (QED) is 0.457. The van der Waals surface area contributed by atoms with Crippen molar-refractivity contribution < 1.29 is 4.92 Å². The Morgan fingerprint density at radius 1 is 1.58 bits per heavy atom. The highest BCUT2D eigenvalue weighted by Gasteiger charge is 2.11. The van der Waals surface area contributed by atoms with Crippen LogP contribution in [0, 0.1) is 17.0 Å². The normalized spacial score (nSPS) is 9.83. The molecule has 1 aromatic rings. The molecule has 12 heavy (non-hydrogen) atoms. The molecule has 0 aromatic heterocycles. The summed E-state index contributed by atoms with van der Waals surface area (Å²) in [6.45, 7) is 1.67. The number of aryl methyl sites for hydroxylation is 1. The van der Waals surface area contributed by atoms with Crippen LogP contribution in [-0.2, 0) is 0 Å². The van der Waals surface area contributed by atoms with Crippen LogP contribution in [0.3, 0.4) is 0 Å². The molecular formula is C7H7BrN2O2. The predicted molar refractivity (Wildman–Crippen MR) is 49.9 cm³/mol. The lowest BCUT2D eigenvalue weighted by molar-refractivity contribution is -0.385. The zero-order chi connectivity index (χ0) is 9.30. The van der Waals surface area contributed by atoms with Gasteiger partial charge in [-0.15, -0.1) is 0 Å². The van der Waals surface area contributed by atoms with E-state index in [0.717, 1.165) is 0 Å². The number of benzene rings is 1. The molecule has 0 amide bonds. The van der Waals surface area contributed by atoms with Crippen molar-refractivity contribution in [1.82, 2.24) is 0 Å². The summed E-state index contributed by atoms with van der Waals surface area (Å²) in [5.41, 5.74) is 6.51. The zero-order valence-corrected chi connectivity index (χ0v) is 7.96. The van der Waals surface area contributed by atoms with E-state index in [9.17, 15) is 10.1 Å². The Kier molecular flexibility index (Phi) is 2.32. The van der Waals surface area contributed by atoms with Gasteiger partial charge in [-0.2, -0.15) is 0 Å². The van der Waals surface area contributed by atoms with Crippen LogP contribution in [0.4, 0.5) is 11.4 Å². The molecule has 0 saturated heterocycles. The first-order chi connectivity index (χ1) is 5.52. The highest BCUT2D eigenvalue weighted by Crippen LogP contribution is 2.27. The average Bonchev–Trinajstić information content (AvgIpc) is 1.96. The van der Waals surface area contributed by atoms with E-state index in [-0.39, 0.29) is 5.69 Å². The Morgan fingerprint density at radius 2 is 2.17 bits per heavy atom. The third-order valence-corrected chi connectivity index (χ3v) is 2.20. The lowest BCUT2D eigenvalue weighted by Crippen LogP contribution is -1.95. The van der Waals surface area contributed by atoms with Crippen molar-refractivity contribution in [3.8, 4) is 0 Å². The van der Waals surface area contributed by atoms with Crippen LogP contribution < -0.4 is 5.73 Å². The van der Waals surface area contributed by atoms with Crippen molar-refractivity contribution in [2.45, 2.75) is 6.92 Å². The van der Waals surface area contributed by atoms with Gasteiger partial charge in [0, 0.05) is 16.1 Å². The first-order valence-electron chi connectivity index (χ1n) is 3.22. The second kappa shape index (κ2) is 3.10. The van der Waals surface area contributed by atoms with Gasteiger partial charge in [-0.3, -0.25) is 10.1 Å². The van der Waals surface area contributed by atoms with Crippen LogP contribution >= 0.6 is 15.9 Å². The smallest absolute Gasteiger partial charge is 0.274 e. The van der Waals surface area contributed by atoms with Gasteiger partial charge in [0.2, 0.25) is 0 Å². The van der Waals surface area contributed by atoms with Gasteiger partial charge in [0.05, 0.1) is 10.6 Å². The van der Waals surface area contributed by atoms with Crippen LogP contribution in [0.15, 0.2) is 16.6 Å². The van der Waals surface area contributed by atoms with Gasteiger partial charge >= 0.3 is 0 Å². The van der Waals surface area contributed by atoms with Crippen LogP contribution in [0.5, 0.6) is 0 Å². The number of nitro benzene ring substituents is 1. The number of nitrogens with two attached hydrogens (primary N) is 1. The summed E-state index contributed by atoms with van der Waals surface area (Å²) < 4.78 is 0.686. The van der Waals surface area contributed by atoms with Gasteiger partial charge in [0.1, 0.15) is 0 Å². The zero-order valence-electron chi connectivity index (χ0n) is 6.37. The third-order valence-electron chi connectivity index (χ3n) is 1.51. The largest absolute Gasteiger partial charge is 0.398 e. The second-order valence-corrected chi connectivity index (χ2v) is 3.27. The topological polar surface area (TPSA) is 69.2 Å². The van der Waals surface area contributed by atoms with Crippen LogP contribution in [-0.4, -0.2) is 4.92 Å². The first-order valence-corrected chi connectivity index (χ1v) is 4.01. The van der Waals surface area contributed by atoms with E-state index < -0.39 is 4.92 Å². The Balaban J connectivity index is 3.33. The number of hydrogen-bond acceptors (Lipinski definition) is 3. The maximum Gasteiger partial charge on any atom is 0.274 e. The fourth-order valence-corrected chi connectivity index (χ4v) is 1.33. The predicted octanol–water partition coefficient (Wildman–Crippen LogP) is 2.25. The number of nitrogens with zero attached hydrogens (tertiary/aromatic N) is 1. The standard InChI is InChI=1S/C7H7BrN2O2/c1-4-2-5(8)6(9)3-7(4)10(11)12/h2-3H,9H2,1H3. The second-order valence-electron chi connectivity index (χ2n) is 2.42. The Hall–Kier alpha value is -1.10. The van der Waals surface area contributed by atoms with Crippen molar-refractivity contribution in [3.05, 3.63) is 32.3 Å². The molecule has 0 unspecified atom stereocenters. The van der Waals surface area contributed by atoms with Gasteiger partial charge in [-0.05, 0) is 28.9 Å². The first kappa shape index (κ1) is 8.99. The van der Waals surface area contributed by atoms with Crippen molar-refractivity contribution in [1.29, 1.82) is 0 Å². The maximum atomic E-state index is 10.4. The molecule has 0 aliphatic rings. The molecule has 0 saturated carbocycles. The molecule has 0 aliphatic carbocycles. The van der Waals surface area contributed by atoms with Gasteiger partial charge in [-0.1, -0.05) is 0 Å². The molecule has 0 heterocycles. The molecule has 0 fully saturated rings. The molecular weight excluding hydrogens is 224 g/mol. The van der Waals surface area contributed by atoms with Crippen molar-refractivity contribution in [2.24, 2.45) is 0 Å². The van der Waals surface area contributed by atoms with Gasteiger partial charge < -0.3 is 5.73 Å². The molecule has 64 valence electrons. The van der Waals surface area contributed by atoms with E-state index in [2.05, 4.69) is 15.9 Å². The summed E-state index contributed by atoms with van der Waals surface area (Å²) in [5.74, 6) is 0. The number of hydrogen-bond donors (Lipinski definition) is 1. The van der Waals surface area contributed by atoms with Crippen LogP contribution in [0.25, 0.3) is 0 Å². The van der Waals surface area contributed by atoms with Crippen LogP contribution in [0.2, 0.25) is 0 Å². The Morgan fingerprint density at radius 3 is 2.67 bits per heavy atom. The molecule has 1 rings (SSSR count). The number of nitro groups is 1. The van der Waals surface area contributed by atoms with Crippen molar-refractivity contribution >= 4 is 27.3 Å². The molecule has 1 aromatic carbocycles. The van der Waals surface area contributed by atoms with E-state index in [1.807, 2.05) is 0 Å². The molecule has 0 aliphatic heterocycles. The summed E-state index contributed by atoms with van der Waals surface area (Å²) in [5, 5.41) is 10.4. The van der Waals surface area contributed by atoms with E-state index in [1.54, 1.807) is 13.0 Å². The number of nitrogen functional groups attached to an aromatic ring is 1. The van der Waals surface area contributed by atoms with E-state index in [1.165, 1.54) is 6.07 Å². The molecule has 0 spiro atoms. The number of rotatable bonds is 1. The fraction of sp³-hybridized carbons (Fsp3) is 0.143. The molecule has 2 N–H and O–H groups in total. The molecule has 0 radical (unpaired) electrons. The molecule has 0 bridgehead atoms. The lowest BCUT2D eigenvalue weighted by atomic mass is 10.2. The molecule has 0 atom stereocenters. The monoisotopic (exact) mass is 230 g/mol. The highest BCUT2D eigenvalue weighted by molar-refractivity contribution is 9.10. The van der Waals surface area contributed by atoms with Gasteiger partial charge in [0.25, 0.3) is 5.69 Å². The van der Waals surface area contributed by atoms with Crippen LogP contribution in [0.1, 0.15) is 5.56 Å². The van der Waals surface area contributed by atoms with Crippen molar-refractivity contribution in [3.63, 3.8) is 0 Å². The van der Waals surface area contributed by atoms with Crippen molar-refractivity contribution in [2.75, 3.05) is 5.73 Å². The van der Waals surface area contributed by atoms with Gasteiger partial charge in [0.15, 0.2) is 0 Å². The number of halogens is 1. The highest BCUT2D eigenvalue weighted by atomic mass is 79.9. The minimum atomic E-state index is -0.446. The summed E-state index contributed by atoms with van der Waals surface area (Å²) in [4.78, 5) is 9.97. The minimum absolute atomic E-state index is 0.0516. The SMILES string of the molecule is Cc1cc(Br)c(N)cc1[N+](=O)[O-]. The minimum Gasteiger partial charge on any atom is -0.398 e. The van der Waals surface area contributed by atoms with E-state index in [4.69, 9.17) is 5.73 Å². The average molecular weight is 231 g/mol. The lowest BCUT2D eigenvalue weighted by Gasteiger charge is -2.00. The summed E-state index contributed by atoms with van der Waals surface area (Å²) in [6, 6.07) is 2.98. The number of anilines is 1. The molecule has 4 nitrogen and oxygen atoms in total.